The average molecular weight is 251 g/mol. The summed E-state index contributed by atoms with van der Waals surface area (Å²) < 4.78 is 0. The van der Waals surface area contributed by atoms with E-state index in [1.54, 1.807) is 23.6 Å². The van der Waals surface area contributed by atoms with Gasteiger partial charge in [-0.25, -0.2) is 0 Å². The van der Waals surface area contributed by atoms with Crippen LogP contribution < -0.4 is 0 Å². The molecule has 1 fully saturated rings. The van der Waals surface area contributed by atoms with E-state index in [4.69, 9.17) is 0 Å². The number of nitrogens with zero attached hydrogens (tertiary/aromatic N) is 1. The van der Waals surface area contributed by atoms with Crippen molar-refractivity contribution in [3.05, 3.63) is 30.3 Å². The van der Waals surface area contributed by atoms with Gasteiger partial charge in [-0.05, 0) is 25.5 Å². The number of hydrogen-bond donors (Lipinski definition) is 1. The summed E-state index contributed by atoms with van der Waals surface area (Å²) in [7, 11) is 0. The third-order valence-corrected chi connectivity index (χ3v) is 3.91. The number of carbonyl (C=O) groups is 1. The Bertz CT molecular complexity index is 392. The first-order valence-corrected chi connectivity index (χ1v) is 6.73. The lowest BCUT2D eigenvalue weighted by molar-refractivity contribution is -0.128. The Hall–Kier alpha value is -1.00. The highest BCUT2D eigenvalue weighted by molar-refractivity contribution is 8.00. The molecule has 0 radical (unpaired) electrons. The Morgan fingerprint density at radius 2 is 2.18 bits per heavy atom. The second-order valence-corrected chi connectivity index (χ2v) is 5.71. The molecule has 1 saturated heterocycles. The summed E-state index contributed by atoms with van der Waals surface area (Å²) in [5.74, 6) is 0.553. The molecule has 1 amide bonds. The molecule has 1 aliphatic rings. The zero-order valence-corrected chi connectivity index (χ0v) is 10.7. The van der Waals surface area contributed by atoms with E-state index in [-0.39, 0.29) is 5.91 Å². The van der Waals surface area contributed by atoms with Crippen LogP contribution in [-0.2, 0) is 4.79 Å². The SMILES string of the molecule is CC1(O)CCN(C(=O)CSc2ccccc2)C1. The second-order valence-electron chi connectivity index (χ2n) is 4.66. The van der Waals surface area contributed by atoms with E-state index in [0.717, 1.165) is 4.90 Å². The quantitative estimate of drug-likeness (QED) is 0.832. The van der Waals surface area contributed by atoms with Crippen LogP contribution in [0.3, 0.4) is 0 Å². The third kappa shape index (κ3) is 3.48. The minimum atomic E-state index is -0.701. The number of hydrogen-bond acceptors (Lipinski definition) is 3. The first-order chi connectivity index (χ1) is 8.07. The standard InChI is InChI=1S/C13H17NO2S/c1-13(16)7-8-14(10-13)12(15)9-17-11-5-3-2-4-6-11/h2-6,16H,7-10H2,1H3. The molecule has 17 heavy (non-hydrogen) atoms. The monoisotopic (exact) mass is 251 g/mol. The van der Waals surface area contributed by atoms with Crippen molar-refractivity contribution in [3.8, 4) is 0 Å². The maximum absolute atomic E-state index is 11.9. The predicted octanol–water partition coefficient (Wildman–Crippen LogP) is 1.76. The van der Waals surface area contributed by atoms with Gasteiger partial charge in [0.15, 0.2) is 0 Å². The second kappa shape index (κ2) is 5.10. The van der Waals surface area contributed by atoms with Crippen molar-refractivity contribution in [3.63, 3.8) is 0 Å². The fraction of sp³-hybridized carbons (Fsp3) is 0.462. The number of benzene rings is 1. The molecule has 3 nitrogen and oxygen atoms in total. The van der Waals surface area contributed by atoms with E-state index >= 15 is 0 Å². The highest BCUT2D eigenvalue weighted by Gasteiger charge is 2.33. The Kier molecular flexibility index (Phi) is 3.74. The lowest BCUT2D eigenvalue weighted by Gasteiger charge is -2.18. The van der Waals surface area contributed by atoms with Crippen LogP contribution in [0.25, 0.3) is 0 Å². The first-order valence-electron chi connectivity index (χ1n) is 5.75. The maximum Gasteiger partial charge on any atom is 0.233 e. The van der Waals surface area contributed by atoms with Crippen molar-refractivity contribution in [2.75, 3.05) is 18.8 Å². The van der Waals surface area contributed by atoms with E-state index in [1.165, 1.54) is 0 Å². The first kappa shape index (κ1) is 12.5. The molecule has 0 aromatic heterocycles. The van der Waals surface area contributed by atoms with Crippen LogP contribution in [0.15, 0.2) is 35.2 Å². The Morgan fingerprint density at radius 1 is 1.47 bits per heavy atom. The highest BCUT2D eigenvalue weighted by Crippen LogP contribution is 2.23. The van der Waals surface area contributed by atoms with Gasteiger partial charge in [0, 0.05) is 18.0 Å². The van der Waals surface area contributed by atoms with Crippen LogP contribution in [0.4, 0.5) is 0 Å². The zero-order chi connectivity index (χ0) is 12.3. The molecule has 92 valence electrons. The third-order valence-electron chi connectivity index (χ3n) is 2.91. The molecule has 1 unspecified atom stereocenters. The minimum absolute atomic E-state index is 0.108. The van der Waals surface area contributed by atoms with E-state index in [9.17, 15) is 9.90 Å². The van der Waals surface area contributed by atoms with Crippen molar-refractivity contribution in [1.29, 1.82) is 0 Å². The molecule has 1 aromatic rings. The van der Waals surface area contributed by atoms with Crippen LogP contribution in [0, 0.1) is 0 Å². The summed E-state index contributed by atoms with van der Waals surface area (Å²) >= 11 is 1.54. The van der Waals surface area contributed by atoms with Gasteiger partial charge in [-0.2, -0.15) is 0 Å². The number of rotatable bonds is 3. The minimum Gasteiger partial charge on any atom is -0.388 e. The van der Waals surface area contributed by atoms with Gasteiger partial charge in [-0.1, -0.05) is 18.2 Å². The number of amides is 1. The molecule has 1 atom stereocenters. The molecular formula is C13H17NO2S. The van der Waals surface area contributed by atoms with Crippen LogP contribution in [0.1, 0.15) is 13.3 Å². The molecule has 1 heterocycles. The van der Waals surface area contributed by atoms with Gasteiger partial charge < -0.3 is 10.0 Å². The highest BCUT2D eigenvalue weighted by atomic mass is 32.2. The van der Waals surface area contributed by atoms with Crippen LogP contribution in [0.5, 0.6) is 0 Å². The molecule has 1 aliphatic heterocycles. The van der Waals surface area contributed by atoms with Gasteiger partial charge in [0.1, 0.15) is 0 Å². The molecule has 0 saturated carbocycles. The number of likely N-dealkylation sites (tertiary alicyclic amines) is 1. The van der Waals surface area contributed by atoms with Crippen molar-refractivity contribution in [2.45, 2.75) is 23.8 Å². The summed E-state index contributed by atoms with van der Waals surface area (Å²) in [4.78, 5) is 14.7. The Labute approximate surface area is 106 Å². The number of thioether (sulfide) groups is 1. The normalized spacial score (nSPS) is 24.0. The molecular weight excluding hydrogens is 234 g/mol. The smallest absolute Gasteiger partial charge is 0.233 e. The molecule has 0 aliphatic carbocycles. The topological polar surface area (TPSA) is 40.5 Å². The van der Waals surface area contributed by atoms with E-state index in [1.807, 2.05) is 30.3 Å². The van der Waals surface area contributed by atoms with Gasteiger partial charge in [0.2, 0.25) is 5.91 Å². The predicted molar refractivity (Wildman–Crippen MR) is 69.0 cm³/mol. The van der Waals surface area contributed by atoms with Crippen molar-refractivity contribution >= 4 is 17.7 Å². The lowest BCUT2D eigenvalue weighted by Crippen LogP contribution is -2.34. The van der Waals surface area contributed by atoms with E-state index in [0.29, 0.717) is 25.3 Å². The summed E-state index contributed by atoms with van der Waals surface area (Å²) in [5.41, 5.74) is -0.701. The van der Waals surface area contributed by atoms with Gasteiger partial charge >= 0.3 is 0 Å². The zero-order valence-electron chi connectivity index (χ0n) is 9.93. The summed E-state index contributed by atoms with van der Waals surface area (Å²) in [6, 6.07) is 9.89. The number of carbonyl (C=O) groups excluding carboxylic acids is 1. The van der Waals surface area contributed by atoms with Crippen LogP contribution in [-0.4, -0.2) is 40.4 Å². The Balaban J connectivity index is 1.83. The summed E-state index contributed by atoms with van der Waals surface area (Å²) in [6.45, 7) is 2.91. The van der Waals surface area contributed by atoms with Gasteiger partial charge in [-0.15, -0.1) is 11.8 Å². The summed E-state index contributed by atoms with van der Waals surface area (Å²) in [6.07, 6.45) is 0.675. The lowest BCUT2D eigenvalue weighted by atomic mass is 10.1. The van der Waals surface area contributed by atoms with E-state index < -0.39 is 5.60 Å². The van der Waals surface area contributed by atoms with Crippen molar-refractivity contribution in [2.24, 2.45) is 0 Å². The average Bonchev–Trinajstić information content (AvgIpc) is 2.68. The molecule has 1 N–H and O–H groups in total. The fourth-order valence-corrected chi connectivity index (χ4v) is 2.73. The van der Waals surface area contributed by atoms with Crippen LogP contribution in [0.2, 0.25) is 0 Å². The molecule has 4 heteroatoms. The van der Waals surface area contributed by atoms with Gasteiger partial charge in [-0.3, -0.25) is 4.79 Å². The molecule has 0 bridgehead atoms. The molecule has 2 rings (SSSR count). The number of β-amino-alcohol motifs (C(OH)–C–C–N with tert-alkyl or cyclic N) is 1. The Morgan fingerprint density at radius 3 is 2.76 bits per heavy atom. The number of aliphatic hydroxyl groups is 1. The maximum atomic E-state index is 11.9. The van der Waals surface area contributed by atoms with Crippen LogP contribution >= 0.6 is 11.8 Å². The largest absolute Gasteiger partial charge is 0.388 e. The molecule has 1 aromatic carbocycles. The van der Waals surface area contributed by atoms with E-state index in [2.05, 4.69) is 0 Å². The molecule has 0 spiro atoms. The van der Waals surface area contributed by atoms with Crippen molar-refractivity contribution < 1.29 is 9.90 Å². The van der Waals surface area contributed by atoms with Gasteiger partial charge in [0.25, 0.3) is 0 Å². The van der Waals surface area contributed by atoms with Crippen molar-refractivity contribution in [1.82, 2.24) is 4.90 Å². The van der Waals surface area contributed by atoms with Gasteiger partial charge in [0.05, 0.1) is 11.4 Å². The summed E-state index contributed by atoms with van der Waals surface area (Å²) in [5, 5.41) is 9.80. The fourth-order valence-electron chi connectivity index (χ4n) is 1.91.